The van der Waals surface area contributed by atoms with Crippen LogP contribution in [0.15, 0.2) is 36.2 Å². The molecule has 3 heterocycles. The summed E-state index contributed by atoms with van der Waals surface area (Å²) in [6.45, 7) is 0.513. The summed E-state index contributed by atoms with van der Waals surface area (Å²) >= 11 is 5.94. The van der Waals surface area contributed by atoms with Crippen molar-refractivity contribution in [3.05, 3.63) is 52.3 Å². The molecule has 1 aliphatic heterocycles. The van der Waals surface area contributed by atoms with Gasteiger partial charge in [0.25, 0.3) is 5.91 Å². The summed E-state index contributed by atoms with van der Waals surface area (Å²) in [5, 5.41) is 16.2. The molecule has 4 N–H and O–H groups in total. The van der Waals surface area contributed by atoms with Crippen molar-refractivity contribution in [2.24, 2.45) is 0 Å². The van der Waals surface area contributed by atoms with E-state index in [4.69, 9.17) is 11.6 Å². The van der Waals surface area contributed by atoms with Crippen molar-refractivity contribution in [2.45, 2.75) is 25.4 Å². The van der Waals surface area contributed by atoms with Crippen LogP contribution in [0.1, 0.15) is 24.0 Å². The van der Waals surface area contributed by atoms with Gasteiger partial charge in [0.1, 0.15) is 5.70 Å². The molecule has 3 aromatic rings. The molecule has 1 aliphatic carbocycles. The Morgan fingerprint density at radius 1 is 1.17 bits per heavy atom. The number of fused-ring (bicyclic) bond motifs is 1. The average molecular weight is 425 g/mol. The second kappa shape index (κ2) is 7.30. The third kappa shape index (κ3) is 3.77. The Balaban J connectivity index is 1.49. The lowest BCUT2D eigenvalue weighted by molar-refractivity contribution is -0.115. The first-order valence-corrected chi connectivity index (χ1v) is 9.77. The van der Waals surface area contributed by atoms with E-state index in [0.29, 0.717) is 40.7 Å². The minimum atomic E-state index is -0.557. The molecule has 1 saturated heterocycles. The van der Waals surface area contributed by atoms with Gasteiger partial charge in [-0.3, -0.25) is 10.1 Å². The summed E-state index contributed by atoms with van der Waals surface area (Å²) in [4.78, 5) is 32.4. The first kappa shape index (κ1) is 18.4. The van der Waals surface area contributed by atoms with Gasteiger partial charge in [-0.1, -0.05) is 23.7 Å². The Morgan fingerprint density at radius 3 is 2.67 bits per heavy atom. The number of carbonyl (C=O) groups is 2. The third-order valence-electron chi connectivity index (χ3n) is 4.69. The van der Waals surface area contributed by atoms with Gasteiger partial charge in [-0.05, 0) is 36.6 Å². The van der Waals surface area contributed by atoms with Crippen molar-refractivity contribution in [1.29, 1.82) is 0 Å². The van der Waals surface area contributed by atoms with E-state index in [1.165, 1.54) is 0 Å². The van der Waals surface area contributed by atoms with Crippen LogP contribution >= 0.6 is 11.6 Å². The fourth-order valence-corrected chi connectivity index (χ4v) is 3.13. The van der Waals surface area contributed by atoms with Crippen molar-refractivity contribution in [2.75, 3.05) is 10.6 Å². The summed E-state index contributed by atoms with van der Waals surface area (Å²) in [6.07, 6.45) is 5.27. The summed E-state index contributed by atoms with van der Waals surface area (Å²) < 4.78 is 1.59. The zero-order valence-corrected chi connectivity index (χ0v) is 16.4. The molecule has 1 saturated carbocycles. The molecule has 11 heteroatoms. The lowest BCUT2D eigenvalue weighted by atomic mass is 10.2. The second-order valence-corrected chi connectivity index (χ2v) is 7.51. The molecule has 2 aliphatic rings. The van der Waals surface area contributed by atoms with Gasteiger partial charge in [-0.25, -0.2) is 4.79 Å². The number of benzene rings is 1. The quantitative estimate of drug-likeness (QED) is 0.353. The predicted octanol–water partition coefficient (Wildman–Crippen LogP) is 2.14. The molecular formula is C19H17ClN8O2. The second-order valence-electron chi connectivity index (χ2n) is 7.07. The monoisotopic (exact) mass is 424 g/mol. The number of hydrogen-bond donors (Lipinski definition) is 4. The van der Waals surface area contributed by atoms with E-state index in [1.807, 2.05) is 24.3 Å². The van der Waals surface area contributed by atoms with E-state index in [2.05, 4.69) is 36.3 Å². The van der Waals surface area contributed by atoms with Crippen LogP contribution in [0.3, 0.4) is 0 Å². The third-order valence-corrected chi connectivity index (χ3v) is 4.94. The molecular weight excluding hydrogens is 408 g/mol. The highest BCUT2D eigenvalue weighted by molar-refractivity contribution is 6.30. The molecule has 10 nitrogen and oxygen atoms in total. The number of urea groups is 1. The maximum absolute atomic E-state index is 11.9. The zero-order valence-electron chi connectivity index (χ0n) is 15.6. The number of carbonyl (C=O) groups excluding carboxylic acids is 2. The number of nitrogens with one attached hydrogen (secondary N) is 4. The standard InChI is InChI=1S/C19H17ClN8O2/c20-12-3-1-10(2-4-12)8-21-17-25-15-11(7-14-16(29)26-19(30)24-14)9-22-28(15)18(27-17)23-13-5-6-13/h1-4,7,9,13H,5-6,8H2,(H2,21,23,25,27)(H2,24,26,29,30)/b14-7-. The van der Waals surface area contributed by atoms with Crippen molar-refractivity contribution < 1.29 is 9.59 Å². The number of anilines is 2. The first-order valence-electron chi connectivity index (χ1n) is 9.40. The Bertz CT molecular complexity index is 1180. The van der Waals surface area contributed by atoms with Crippen LogP contribution in [0.4, 0.5) is 16.7 Å². The highest BCUT2D eigenvalue weighted by Crippen LogP contribution is 2.25. The molecule has 0 atom stereocenters. The number of amides is 3. The minimum absolute atomic E-state index is 0.140. The summed E-state index contributed by atoms with van der Waals surface area (Å²) in [7, 11) is 0. The van der Waals surface area contributed by atoms with Crippen LogP contribution in [0.25, 0.3) is 11.7 Å². The zero-order chi connectivity index (χ0) is 20.7. The Kier molecular flexibility index (Phi) is 4.47. The lowest BCUT2D eigenvalue weighted by Crippen LogP contribution is -2.22. The molecule has 30 heavy (non-hydrogen) atoms. The van der Waals surface area contributed by atoms with Crippen molar-refractivity contribution >= 4 is 47.2 Å². The van der Waals surface area contributed by atoms with Gasteiger partial charge in [0, 0.05) is 23.2 Å². The Labute approximate surface area is 175 Å². The molecule has 2 aromatic heterocycles. The van der Waals surface area contributed by atoms with E-state index in [0.717, 1.165) is 18.4 Å². The molecule has 3 amide bonds. The van der Waals surface area contributed by atoms with Crippen molar-refractivity contribution in [3.8, 4) is 0 Å². The van der Waals surface area contributed by atoms with Gasteiger partial charge in [-0.2, -0.15) is 19.6 Å². The highest BCUT2D eigenvalue weighted by Gasteiger charge is 2.25. The van der Waals surface area contributed by atoms with E-state index in [-0.39, 0.29) is 5.70 Å². The number of nitrogens with zero attached hydrogens (tertiary/aromatic N) is 4. The molecule has 1 aromatic carbocycles. The molecule has 2 fully saturated rings. The van der Waals surface area contributed by atoms with Gasteiger partial charge < -0.3 is 16.0 Å². The molecule has 152 valence electrons. The molecule has 0 radical (unpaired) electrons. The molecule has 0 spiro atoms. The number of aromatic nitrogens is 4. The minimum Gasteiger partial charge on any atom is -0.351 e. The molecule has 0 unspecified atom stereocenters. The number of rotatable bonds is 6. The number of imide groups is 1. The van der Waals surface area contributed by atoms with Gasteiger partial charge in [0.05, 0.1) is 6.20 Å². The predicted molar refractivity (Wildman–Crippen MR) is 111 cm³/mol. The highest BCUT2D eigenvalue weighted by atomic mass is 35.5. The topological polar surface area (TPSA) is 125 Å². The fraction of sp³-hybridized carbons (Fsp3) is 0.211. The fourth-order valence-electron chi connectivity index (χ4n) is 3.00. The lowest BCUT2D eigenvalue weighted by Gasteiger charge is -2.10. The average Bonchev–Trinajstić information content (AvgIpc) is 3.36. The van der Waals surface area contributed by atoms with Crippen LogP contribution in [0.5, 0.6) is 0 Å². The number of halogens is 1. The van der Waals surface area contributed by atoms with Gasteiger partial charge in [0.15, 0.2) is 5.65 Å². The van der Waals surface area contributed by atoms with E-state index < -0.39 is 11.9 Å². The van der Waals surface area contributed by atoms with Crippen molar-refractivity contribution in [1.82, 2.24) is 30.2 Å². The summed E-state index contributed by atoms with van der Waals surface area (Å²) in [5.41, 5.74) is 2.26. The maximum Gasteiger partial charge on any atom is 0.326 e. The van der Waals surface area contributed by atoms with E-state index >= 15 is 0 Å². The summed E-state index contributed by atoms with van der Waals surface area (Å²) in [5.74, 6) is 0.483. The number of hydrogen-bond acceptors (Lipinski definition) is 7. The smallest absolute Gasteiger partial charge is 0.326 e. The van der Waals surface area contributed by atoms with Crippen LogP contribution in [0, 0.1) is 0 Å². The molecule has 5 rings (SSSR count). The van der Waals surface area contributed by atoms with Crippen LogP contribution in [-0.4, -0.2) is 37.6 Å². The maximum atomic E-state index is 11.9. The Hall–Kier alpha value is -3.66. The molecule has 0 bridgehead atoms. The van der Waals surface area contributed by atoms with E-state index in [1.54, 1.807) is 16.8 Å². The van der Waals surface area contributed by atoms with Crippen LogP contribution < -0.4 is 21.3 Å². The van der Waals surface area contributed by atoms with Crippen molar-refractivity contribution in [3.63, 3.8) is 0 Å². The van der Waals surface area contributed by atoms with Gasteiger partial charge in [-0.15, -0.1) is 0 Å². The largest absolute Gasteiger partial charge is 0.351 e. The first-order chi connectivity index (χ1) is 14.5. The van der Waals surface area contributed by atoms with Crippen LogP contribution in [-0.2, 0) is 11.3 Å². The van der Waals surface area contributed by atoms with Gasteiger partial charge >= 0.3 is 6.03 Å². The van der Waals surface area contributed by atoms with E-state index in [9.17, 15) is 9.59 Å². The van der Waals surface area contributed by atoms with Gasteiger partial charge in [0.2, 0.25) is 11.9 Å². The summed E-state index contributed by atoms with van der Waals surface area (Å²) in [6, 6.07) is 7.30. The normalized spacial score (nSPS) is 17.3. The SMILES string of the molecule is O=C1NC(=O)/C(=C/c2cnn3c(NC4CC4)nc(NCc4ccc(Cl)cc4)nc23)N1. The van der Waals surface area contributed by atoms with Crippen LogP contribution in [0.2, 0.25) is 5.02 Å². The Morgan fingerprint density at radius 2 is 1.97 bits per heavy atom.